The Labute approximate surface area is 165 Å². The van der Waals surface area contributed by atoms with Crippen molar-refractivity contribution in [1.82, 2.24) is 14.9 Å². The van der Waals surface area contributed by atoms with Crippen molar-refractivity contribution in [2.45, 2.75) is 31.2 Å². The van der Waals surface area contributed by atoms with E-state index in [1.54, 1.807) is 12.1 Å². The van der Waals surface area contributed by atoms with Crippen molar-refractivity contribution >= 4 is 12.7 Å². The molecule has 12 heteroatoms. The molecule has 3 heterocycles. The van der Waals surface area contributed by atoms with Gasteiger partial charge in [-0.2, -0.15) is 0 Å². The maximum atomic E-state index is 12.4. The second-order valence-corrected chi connectivity index (χ2v) is 7.32. The molecule has 156 valence electrons. The van der Waals surface area contributed by atoms with Crippen LogP contribution < -0.4 is 15.1 Å². The number of nitrogens with two attached hydrogens (primary N) is 1. The van der Waals surface area contributed by atoms with Crippen LogP contribution in [0.25, 0.3) is 0 Å². The van der Waals surface area contributed by atoms with Crippen molar-refractivity contribution in [3.63, 3.8) is 0 Å². The Kier molecular flexibility index (Phi) is 4.96. The fourth-order valence-corrected chi connectivity index (χ4v) is 3.54. The van der Waals surface area contributed by atoms with E-state index >= 15 is 0 Å². The van der Waals surface area contributed by atoms with E-state index in [1.807, 2.05) is 0 Å². The molecule has 1 saturated heterocycles. The standard InChI is InChI=1S/C17H22BN4O7/c19-14(11-5-20-8-21-11)16(23)22-6-10(7-22)28-12-2-1-9-3-4-18(26,27)29-15(9)13(12)17(24)25/h1-2,5,8,10,14,17,24-27H,3-4,6-7,19H2,(H,20,21)/q-1/t14-/m0/s1. The van der Waals surface area contributed by atoms with Gasteiger partial charge >= 0.3 is 6.75 Å². The molecule has 1 aromatic carbocycles. The van der Waals surface area contributed by atoms with Gasteiger partial charge in [0.15, 0.2) is 6.29 Å². The predicted molar refractivity (Wildman–Crippen MR) is 99.5 cm³/mol. The van der Waals surface area contributed by atoms with Crippen LogP contribution in [0.15, 0.2) is 24.7 Å². The average molecular weight is 405 g/mol. The Morgan fingerprint density at radius 3 is 2.79 bits per heavy atom. The van der Waals surface area contributed by atoms with E-state index in [0.717, 1.165) is 0 Å². The van der Waals surface area contributed by atoms with Crippen LogP contribution in [0, 0.1) is 0 Å². The van der Waals surface area contributed by atoms with Crippen LogP contribution >= 0.6 is 0 Å². The Hall–Kier alpha value is -2.64. The summed E-state index contributed by atoms with van der Waals surface area (Å²) in [5.41, 5.74) is 6.98. The molecule has 1 atom stereocenters. The molecule has 2 aliphatic heterocycles. The lowest BCUT2D eigenvalue weighted by molar-refractivity contribution is -0.141. The van der Waals surface area contributed by atoms with E-state index in [1.165, 1.54) is 17.4 Å². The SMILES string of the molecule is N[C@H](C(=O)N1CC(Oc2ccc3c(c2C(O)O)O[B-](O)(O)CC3)C1)c1cnc[nH]1. The first kappa shape index (κ1) is 19.7. The molecule has 29 heavy (non-hydrogen) atoms. The van der Waals surface area contributed by atoms with Gasteiger partial charge in [0.25, 0.3) is 0 Å². The molecule has 1 aromatic heterocycles. The number of hydrogen-bond acceptors (Lipinski definition) is 9. The van der Waals surface area contributed by atoms with Gasteiger partial charge in [-0.05, 0) is 18.1 Å². The van der Waals surface area contributed by atoms with Crippen LogP contribution in [0.5, 0.6) is 11.5 Å². The first-order chi connectivity index (χ1) is 13.7. The van der Waals surface area contributed by atoms with Gasteiger partial charge in [0.1, 0.15) is 17.9 Å². The van der Waals surface area contributed by atoms with Crippen molar-refractivity contribution in [1.29, 1.82) is 0 Å². The molecule has 0 spiro atoms. The van der Waals surface area contributed by atoms with Gasteiger partial charge in [-0.25, -0.2) is 4.98 Å². The number of likely N-dealkylation sites (tertiary alicyclic amines) is 1. The van der Waals surface area contributed by atoms with E-state index in [4.69, 9.17) is 15.1 Å². The van der Waals surface area contributed by atoms with Crippen molar-refractivity contribution in [3.05, 3.63) is 41.5 Å². The number of aliphatic hydroxyl groups is 2. The number of rotatable bonds is 5. The normalized spacial score (nSPS) is 19.3. The average Bonchev–Trinajstić information content (AvgIpc) is 3.16. The van der Waals surface area contributed by atoms with Crippen molar-refractivity contribution < 1.29 is 34.4 Å². The van der Waals surface area contributed by atoms with Crippen LogP contribution in [0.3, 0.4) is 0 Å². The number of aromatic amines is 1. The summed E-state index contributed by atoms with van der Waals surface area (Å²) in [5, 5.41) is 39.2. The van der Waals surface area contributed by atoms with Gasteiger partial charge in [-0.15, -0.1) is 0 Å². The number of fused-ring (bicyclic) bond motifs is 1. The second-order valence-electron chi connectivity index (χ2n) is 7.32. The Bertz CT molecular complexity index is 899. The number of hydrogen-bond donors (Lipinski definition) is 6. The number of H-pyrrole nitrogens is 1. The lowest BCUT2D eigenvalue weighted by atomic mass is 9.70. The van der Waals surface area contributed by atoms with E-state index in [9.17, 15) is 25.1 Å². The second kappa shape index (κ2) is 7.32. The maximum Gasteiger partial charge on any atom is 0.430 e. The van der Waals surface area contributed by atoms with Crippen molar-refractivity contribution in [3.8, 4) is 11.5 Å². The molecule has 2 aliphatic rings. The molecule has 0 radical (unpaired) electrons. The first-order valence-electron chi connectivity index (χ1n) is 9.25. The van der Waals surface area contributed by atoms with Crippen LogP contribution in [-0.2, 0) is 11.2 Å². The summed E-state index contributed by atoms with van der Waals surface area (Å²) in [6.45, 7) is -2.52. The van der Waals surface area contributed by atoms with Gasteiger partial charge in [0, 0.05) is 0 Å². The molecule has 1 amide bonds. The predicted octanol–water partition coefficient (Wildman–Crippen LogP) is -1.46. The minimum Gasteiger partial charge on any atom is -0.670 e. The zero-order valence-corrected chi connectivity index (χ0v) is 15.4. The minimum absolute atomic E-state index is 0.00210. The third-order valence-corrected chi connectivity index (χ3v) is 5.17. The third-order valence-electron chi connectivity index (χ3n) is 5.17. The lowest BCUT2D eigenvalue weighted by Gasteiger charge is -2.41. The molecule has 1 fully saturated rings. The molecular formula is C17H22BN4O7-. The van der Waals surface area contributed by atoms with Gasteiger partial charge in [-0.1, -0.05) is 12.4 Å². The van der Waals surface area contributed by atoms with Gasteiger partial charge in [0.2, 0.25) is 5.91 Å². The number of ether oxygens (including phenoxy) is 1. The summed E-state index contributed by atoms with van der Waals surface area (Å²) in [6.07, 6.45) is 0.951. The largest absolute Gasteiger partial charge is 0.670 e. The number of carbonyl (C=O) groups excluding carboxylic acids is 1. The van der Waals surface area contributed by atoms with Crippen LogP contribution in [-0.4, -0.2) is 67.0 Å². The highest BCUT2D eigenvalue weighted by Crippen LogP contribution is 2.41. The number of benzene rings is 1. The van der Waals surface area contributed by atoms with E-state index in [-0.39, 0.29) is 48.5 Å². The summed E-state index contributed by atoms with van der Waals surface area (Å²) in [6, 6.07) is 2.40. The highest BCUT2D eigenvalue weighted by Gasteiger charge is 2.37. The number of amides is 1. The Morgan fingerprint density at radius 2 is 2.14 bits per heavy atom. The number of aliphatic hydroxyl groups excluding tert-OH is 1. The van der Waals surface area contributed by atoms with Gasteiger partial charge in [0.05, 0.1) is 42.6 Å². The molecule has 0 bridgehead atoms. The monoisotopic (exact) mass is 405 g/mol. The Morgan fingerprint density at radius 1 is 1.38 bits per heavy atom. The van der Waals surface area contributed by atoms with Crippen LogP contribution in [0.4, 0.5) is 0 Å². The topological polar surface area (TPSA) is 174 Å². The fourth-order valence-electron chi connectivity index (χ4n) is 3.54. The molecule has 0 aliphatic carbocycles. The molecule has 0 saturated carbocycles. The maximum absolute atomic E-state index is 12.4. The fraction of sp³-hybridized carbons (Fsp3) is 0.412. The number of carbonyl (C=O) groups is 1. The quantitative estimate of drug-likeness (QED) is 0.257. The molecule has 0 unspecified atom stereocenters. The molecule has 11 nitrogen and oxygen atoms in total. The van der Waals surface area contributed by atoms with E-state index in [2.05, 4.69) is 9.97 Å². The molecule has 2 aromatic rings. The summed E-state index contributed by atoms with van der Waals surface area (Å²) in [7, 11) is 0. The summed E-state index contributed by atoms with van der Waals surface area (Å²) in [5.74, 6) is -0.136. The molecular weight excluding hydrogens is 383 g/mol. The molecule has 4 rings (SSSR count). The number of aryl methyl sites for hydroxylation is 1. The van der Waals surface area contributed by atoms with Gasteiger partial charge < -0.3 is 45.3 Å². The highest BCUT2D eigenvalue weighted by atomic mass is 16.6. The van der Waals surface area contributed by atoms with Crippen LogP contribution in [0.1, 0.15) is 29.2 Å². The third kappa shape index (κ3) is 3.80. The highest BCUT2D eigenvalue weighted by molar-refractivity contribution is 6.58. The summed E-state index contributed by atoms with van der Waals surface area (Å²) in [4.78, 5) is 20.6. The minimum atomic E-state index is -3.07. The number of nitrogens with one attached hydrogen (secondary N) is 1. The van der Waals surface area contributed by atoms with Crippen molar-refractivity contribution in [2.24, 2.45) is 5.73 Å². The zero-order chi connectivity index (χ0) is 20.8. The zero-order valence-electron chi connectivity index (χ0n) is 15.4. The molecule has 7 N–H and O–H groups in total. The number of aromatic nitrogens is 2. The first-order valence-corrected chi connectivity index (χ1v) is 9.25. The lowest BCUT2D eigenvalue weighted by Crippen LogP contribution is -2.58. The van der Waals surface area contributed by atoms with Gasteiger partial charge in [-0.3, -0.25) is 4.79 Å². The summed E-state index contributed by atoms with van der Waals surface area (Å²) >= 11 is 0. The number of nitrogens with zero attached hydrogens (tertiary/aromatic N) is 2. The van der Waals surface area contributed by atoms with Crippen LogP contribution in [0.2, 0.25) is 6.32 Å². The smallest absolute Gasteiger partial charge is 0.430 e. The van der Waals surface area contributed by atoms with E-state index in [0.29, 0.717) is 17.7 Å². The summed E-state index contributed by atoms with van der Waals surface area (Å²) < 4.78 is 11.0. The Balaban J connectivity index is 1.45. The number of imidazole rings is 1. The van der Waals surface area contributed by atoms with Crippen molar-refractivity contribution in [2.75, 3.05) is 13.1 Å². The van der Waals surface area contributed by atoms with E-state index < -0.39 is 19.1 Å².